The molecule has 0 aliphatic heterocycles. The van der Waals surface area contributed by atoms with Gasteiger partial charge in [-0.15, -0.1) is 11.3 Å². The molecular formula is C29H19ClF3N3O3S. The largest absolute Gasteiger partial charge is 0.443 e. The molecule has 0 radical (unpaired) electrons. The molecule has 5 rings (SSSR count). The van der Waals surface area contributed by atoms with E-state index in [1.807, 2.05) is 23.6 Å². The number of hydrogen-bond donors (Lipinski definition) is 1. The van der Waals surface area contributed by atoms with Crippen molar-refractivity contribution in [3.8, 4) is 16.3 Å². The summed E-state index contributed by atoms with van der Waals surface area (Å²) in [5.41, 5.74) is -0.259. The maximum atomic E-state index is 13.7. The van der Waals surface area contributed by atoms with E-state index in [9.17, 15) is 22.8 Å². The van der Waals surface area contributed by atoms with Crippen molar-refractivity contribution in [2.24, 2.45) is 0 Å². The summed E-state index contributed by atoms with van der Waals surface area (Å²) in [5.74, 6) is -1.87. The van der Waals surface area contributed by atoms with Crippen LogP contribution in [0.1, 0.15) is 27.7 Å². The predicted octanol–water partition coefficient (Wildman–Crippen LogP) is 7.81. The highest BCUT2D eigenvalue weighted by atomic mass is 35.5. The predicted molar refractivity (Wildman–Crippen MR) is 147 cm³/mol. The monoisotopic (exact) mass is 581 g/mol. The maximum absolute atomic E-state index is 13.7. The first-order valence-electron chi connectivity index (χ1n) is 11.8. The minimum absolute atomic E-state index is 0.0332. The molecule has 1 N–H and O–H groups in total. The number of halogens is 4. The Balaban J connectivity index is 1.51. The number of ether oxygens (including phenoxy) is 1. The first-order chi connectivity index (χ1) is 19.2. The van der Waals surface area contributed by atoms with Gasteiger partial charge in [0.1, 0.15) is 5.69 Å². The first-order valence-corrected chi connectivity index (χ1v) is 13.1. The summed E-state index contributed by atoms with van der Waals surface area (Å²) >= 11 is 7.20. The van der Waals surface area contributed by atoms with Crippen LogP contribution in [0.5, 0.6) is 0 Å². The van der Waals surface area contributed by atoms with Gasteiger partial charge in [0.25, 0.3) is 5.91 Å². The van der Waals surface area contributed by atoms with E-state index in [0.717, 1.165) is 10.9 Å². The Morgan fingerprint density at radius 2 is 1.62 bits per heavy atom. The Hall–Kier alpha value is -4.41. The summed E-state index contributed by atoms with van der Waals surface area (Å²) in [5, 5.41) is 8.56. The van der Waals surface area contributed by atoms with Gasteiger partial charge in [-0.05, 0) is 41.8 Å². The van der Waals surface area contributed by atoms with Gasteiger partial charge < -0.3 is 10.1 Å². The zero-order valence-corrected chi connectivity index (χ0v) is 22.0. The van der Waals surface area contributed by atoms with Gasteiger partial charge in [-0.2, -0.15) is 18.3 Å². The van der Waals surface area contributed by atoms with E-state index in [0.29, 0.717) is 17.4 Å². The lowest BCUT2D eigenvalue weighted by Crippen LogP contribution is -2.27. The second-order valence-electron chi connectivity index (χ2n) is 8.51. The number of nitrogens with one attached hydrogen (secondary N) is 1. The van der Waals surface area contributed by atoms with Gasteiger partial charge in [-0.3, -0.25) is 4.79 Å². The van der Waals surface area contributed by atoms with E-state index in [1.165, 1.54) is 34.2 Å². The number of rotatable bonds is 7. The van der Waals surface area contributed by atoms with Gasteiger partial charge in [0.05, 0.1) is 21.8 Å². The summed E-state index contributed by atoms with van der Waals surface area (Å²) in [6.45, 7) is 0. The SMILES string of the molecule is O=C(O[C@@H](C(=O)Nc1ccc(Cl)cc1C(F)(F)F)c1ccccc1)c1cc(-c2cccs2)nn1-c1ccccc1. The molecule has 5 aromatic rings. The number of alkyl halides is 3. The molecule has 1 atom stereocenters. The number of esters is 1. The van der Waals surface area contributed by atoms with Crippen molar-refractivity contribution in [1.29, 1.82) is 0 Å². The van der Waals surface area contributed by atoms with Crippen molar-refractivity contribution in [2.75, 3.05) is 5.32 Å². The van der Waals surface area contributed by atoms with Crippen LogP contribution in [0.4, 0.5) is 18.9 Å². The third-order valence-corrected chi connectivity index (χ3v) is 6.93. The summed E-state index contributed by atoms with van der Waals surface area (Å²) in [7, 11) is 0. The van der Waals surface area contributed by atoms with Crippen molar-refractivity contribution in [2.45, 2.75) is 12.3 Å². The van der Waals surface area contributed by atoms with Crippen molar-refractivity contribution < 1.29 is 27.5 Å². The molecule has 6 nitrogen and oxygen atoms in total. The fraction of sp³-hybridized carbons (Fsp3) is 0.0690. The van der Waals surface area contributed by atoms with E-state index >= 15 is 0 Å². The molecule has 0 aliphatic carbocycles. The average molecular weight is 582 g/mol. The van der Waals surface area contributed by atoms with E-state index in [2.05, 4.69) is 10.4 Å². The van der Waals surface area contributed by atoms with Gasteiger partial charge in [-0.1, -0.05) is 66.2 Å². The lowest BCUT2D eigenvalue weighted by Gasteiger charge is -2.20. The van der Waals surface area contributed by atoms with Gasteiger partial charge in [0.15, 0.2) is 5.69 Å². The van der Waals surface area contributed by atoms with Crippen molar-refractivity contribution >= 4 is 40.5 Å². The van der Waals surface area contributed by atoms with E-state index < -0.39 is 35.4 Å². The summed E-state index contributed by atoms with van der Waals surface area (Å²) in [4.78, 5) is 27.8. The molecule has 0 spiro atoms. The molecule has 0 aliphatic rings. The molecule has 2 heterocycles. The number of nitrogens with zero attached hydrogens (tertiary/aromatic N) is 2. The highest BCUT2D eigenvalue weighted by Gasteiger charge is 2.36. The van der Waals surface area contributed by atoms with Crippen LogP contribution in [-0.2, 0) is 15.7 Å². The number of hydrogen-bond acceptors (Lipinski definition) is 5. The number of amides is 1. The molecule has 0 unspecified atom stereocenters. The van der Waals surface area contributed by atoms with Crippen LogP contribution in [0, 0.1) is 0 Å². The highest BCUT2D eigenvalue weighted by molar-refractivity contribution is 7.13. The minimum atomic E-state index is -4.78. The number of aromatic nitrogens is 2. The van der Waals surface area contributed by atoms with E-state index in [1.54, 1.807) is 48.5 Å². The molecule has 40 heavy (non-hydrogen) atoms. The summed E-state index contributed by atoms with van der Waals surface area (Å²) in [6, 6.07) is 25.1. The Morgan fingerprint density at radius 1 is 0.925 bits per heavy atom. The Bertz CT molecular complexity index is 1640. The summed E-state index contributed by atoms with van der Waals surface area (Å²) in [6.07, 6.45) is -6.36. The van der Waals surface area contributed by atoms with Crippen LogP contribution < -0.4 is 5.32 Å². The van der Waals surface area contributed by atoms with Gasteiger partial charge in [0.2, 0.25) is 6.10 Å². The minimum Gasteiger partial charge on any atom is -0.443 e. The molecule has 0 saturated carbocycles. The highest BCUT2D eigenvalue weighted by Crippen LogP contribution is 2.37. The molecule has 1 amide bonds. The molecule has 2 aromatic heterocycles. The van der Waals surface area contributed by atoms with Gasteiger partial charge >= 0.3 is 12.1 Å². The number of thiophene rings is 1. The van der Waals surface area contributed by atoms with Crippen LogP contribution in [0.2, 0.25) is 5.02 Å². The topological polar surface area (TPSA) is 73.2 Å². The third-order valence-electron chi connectivity index (χ3n) is 5.80. The zero-order chi connectivity index (χ0) is 28.3. The van der Waals surface area contributed by atoms with Crippen LogP contribution in [0.3, 0.4) is 0 Å². The van der Waals surface area contributed by atoms with Gasteiger partial charge in [0, 0.05) is 16.7 Å². The Labute approximate surface area is 235 Å². The molecule has 11 heteroatoms. The number of anilines is 1. The van der Waals surface area contributed by atoms with Crippen molar-refractivity contribution in [1.82, 2.24) is 9.78 Å². The number of carbonyl (C=O) groups is 2. The molecule has 0 fully saturated rings. The van der Waals surface area contributed by atoms with Crippen LogP contribution >= 0.6 is 22.9 Å². The number of benzene rings is 3. The maximum Gasteiger partial charge on any atom is 0.418 e. The lowest BCUT2D eigenvalue weighted by atomic mass is 10.1. The van der Waals surface area contributed by atoms with Crippen LogP contribution in [0.25, 0.3) is 16.3 Å². The molecule has 0 bridgehead atoms. The second kappa shape index (κ2) is 11.4. The standard InChI is InChI=1S/C29H19ClF3N3O3S/c30-19-13-14-22(21(16-19)29(31,32)33)34-27(37)26(18-8-3-1-4-9-18)39-28(38)24-17-23(25-12-7-15-40-25)35-36(24)20-10-5-2-6-11-20/h1-17,26H,(H,34,37)/t26-/m1/s1. The lowest BCUT2D eigenvalue weighted by molar-refractivity contribution is -0.137. The smallest absolute Gasteiger partial charge is 0.418 e. The summed E-state index contributed by atoms with van der Waals surface area (Å²) < 4.78 is 48.0. The second-order valence-corrected chi connectivity index (χ2v) is 9.90. The fourth-order valence-electron chi connectivity index (χ4n) is 3.96. The fourth-order valence-corrected chi connectivity index (χ4v) is 4.82. The van der Waals surface area contributed by atoms with Crippen molar-refractivity contribution in [3.05, 3.63) is 124 Å². The Kier molecular flexibility index (Phi) is 7.72. The van der Waals surface area contributed by atoms with Crippen molar-refractivity contribution in [3.63, 3.8) is 0 Å². The molecule has 0 saturated heterocycles. The van der Waals surface area contributed by atoms with E-state index in [-0.39, 0.29) is 16.3 Å². The first kappa shape index (κ1) is 27.2. The zero-order valence-electron chi connectivity index (χ0n) is 20.4. The van der Waals surface area contributed by atoms with Gasteiger partial charge in [-0.25, -0.2) is 9.48 Å². The Morgan fingerprint density at radius 3 is 2.27 bits per heavy atom. The quantitative estimate of drug-likeness (QED) is 0.199. The normalized spacial score (nSPS) is 12.1. The molecule has 202 valence electrons. The van der Waals surface area contributed by atoms with E-state index in [4.69, 9.17) is 16.3 Å². The number of para-hydroxylation sites is 1. The van der Waals surface area contributed by atoms with Crippen LogP contribution in [-0.4, -0.2) is 21.7 Å². The third kappa shape index (κ3) is 5.93. The molecular weight excluding hydrogens is 563 g/mol. The van der Waals surface area contributed by atoms with Crippen LogP contribution in [0.15, 0.2) is 102 Å². The number of carbonyl (C=O) groups excluding carboxylic acids is 2. The average Bonchev–Trinajstić information content (AvgIpc) is 3.64. The molecule has 3 aromatic carbocycles.